The van der Waals surface area contributed by atoms with E-state index in [0.29, 0.717) is 18.8 Å². The van der Waals surface area contributed by atoms with Gasteiger partial charge in [-0.3, -0.25) is 4.90 Å². The molecular formula is C12H19FN2O2. The molecule has 1 unspecified atom stereocenters. The highest BCUT2D eigenvalue weighted by Gasteiger charge is 2.10. The molecule has 0 aromatic heterocycles. The highest BCUT2D eigenvalue weighted by molar-refractivity contribution is 5.46. The second-order valence-electron chi connectivity index (χ2n) is 4.15. The Bertz CT molecular complexity index is 360. The van der Waals surface area contributed by atoms with Crippen LogP contribution in [0.1, 0.15) is 5.56 Å². The van der Waals surface area contributed by atoms with Gasteiger partial charge in [-0.1, -0.05) is 0 Å². The second-order valence-corrected chi connectivity index (χ2v) is 4.15. The van der Waals surface area contributed by atoms with Gasteiger partial charge in [0, 0.05) is 25.9 Å². The van der Waals surface area contributed by atoms with Crippen molar-refractivity contribution in [1.29, 1.82) is 0 Å². The first-order valence-corrected chi connectivity index (χ1v) is 5.42. The zero-order valence-corrected chi connectivity index (χ0v) is 10.2. The Kier molecular flexibility index (Phi) is 5.34. The van der Waals surface area contributed by atoms with Crippen LogP contribution in [0.4, 0.5) is 10.1 Å². The zero-order chi connectivity index (χ0) is 12.8. The number of likely N-dealkylation sites (N-methyl/N-ethyl adjacent to an activating group) is 1. The molecule has 1 rings (SSSR count). The van der Waals surface area contributed by atoms with Gasteiger partial charge in [-0.25, -0.2) is 4.39 Å². The van der Waals surface area contributed by atoms with Crippen LogP contribution in [0.25, 0.3) is 0 Å². The van der Waals surface area contributed by atoms with Crippen LogP contribution in [0.5, 0.6) is 0 Å². The van der Waals surface area contributed by atoms with Gasteiger partial charge in [0.1, 0.15) is 5.82 Å². The maximum atomic E-state index is 13.0. The molecule has 1 atom stereocenters. The van der Waals surface area contributed by atoms with Gasteiger partial charge in [-0.15, -0.1) is 0 Å². The van der Waals surface area contributed by atoms with E-state index in [4.69, 9.17) is 10.5 Å². The Morgan fingerprint density at radius 3 is 2.88 bits per heavy atom. The molecule has 0 heterocycles. The van der Waals surface area contributed by atoms with E-state index in [1.54, 1.807) is 6.07 Å². The van der Waals surface area contributed by atoms with Crippen molar-refractivity contribution in [3.8, 4) is 0 Å². The first-order chi connectivity index (χ1) is 8.02. The SMILES string of the molecule is COCC(O)CN(C)Cc1cc(F)ccc1N. The highest BCUT2D eigenvalue weighted by Crippen LogP contribution is 2.15. The number of rotatable bonds is 6. The lowest BCUT2D eigenvalue weighted by Gasteiger charge is -2.20. The summed E-state index contributed by atoms with van der Waals surface area (Å²) in [5.74, 6) is -0.306. The highest BCUT2D eigenvalue weighted by atomic mass is 19.1. The lowest BCUT2D eigenvalue weighted by atomic mass is 10.1. The topological polar surface area (TPSA) is 58.7 Å². The van der Waals surface area contributed by atoms with Gasteiger partial charge in [0.15, 0.2) is 0 Å². The molecule has 0 aliphatic heterocycles. The van der Waals surface area contributed by atoms with Crippen molar-refractivity contribution < 1.29 is 14.2 Å². The fourth-order valence-corrected chi connectivity index (χ4v) is 1.67. The summed E-state index contributed by atoms with van der Waals surface area (Å²) >= 11 is 0. The minimum Gasteiger partial charge on any atom is -0.398 e. The number of benzene rings is 1. The fourth-order valence-electron chi connectivity index (χ4n) is 1.67. The monoisotopic (exact) mass is 242 g/mol. The summed E-state index contributed by atoms with van der Waals surface area (Å²) < 4.78 is 17.9. The number of anilines is 1. The summed E-state index contributed by atoms with van der Waals surface area (Å²) in [5.41, 5.74) is 7.02. The number of nitrogens with two attached hydrogens (primary N) is 1. The van der Waals surface area contributed by atoms with Gasteiger partial charge in [0.25, 0.3) is 0 Å². The Hall–Kier alpha value is -1.17. The molecular weight excluding hydrogens is 223 g/mol. The molecule has 0 aliphatic rings. The number of nitrogens with zero attached hydrogens (tertiary/aromatic N) is 1. The predicted molar refractivity (Wildman–Crippen MR) is 65.0 cm³/mol. The second kappa shape index (κ2) is 6.54. The largest absolute Gasteiger partial charge is 0.398 e. The molecule has 17 heavy (non-hydrogen) atoms. The van der Waals surface area contributed by atoms with E-state index in [1.165, 1.54) is 19.2 Å². The Morgan fingerprint density at radius 2 is 2.24 bits per heavy atom. The molecule has 3 N–H and O–H groups in total. The number of aliphatic hydroxyl groups is 1. The van der Waals surface area contributed by atoms with Crippen LogP contribution in [-0.2, 0) is 11.3 Å². The number of hydrogen-bond acceptors (Lipinski definition) is 4. The number of halogens is 1. The van der Waals surface area contributed by atoms with Crippen LogP contribution >= 0.6 is 0 Å². The maximum absolute atomic E-state index is 13.0. The third-order valence-electron chi connectivity index (χ3n) is 2.43. The standard InChI is InChI=1S/C12H19FN2O2/c1-15(7-11(16)8-17-2)6-9-5-10(13)3-4-12(9)14/h3-5,11,16H,6-8,14H2,1-2H3. The zero-order valence-electron chi connectivity index (χ0n) is 10.2. The predicted octanol–water partition coefficient (Wildman–Crippen LogP) is 0.847. The van der Waals surface area contributed by atoms with Crippen molar-refractivity contribution in [3.63, 3.8) is 0 Å². The van der Waals surface area contributed by atoms with Crippen LogP contribution < -0.4 is 5.73 Å². The van der Waals surface area contributed by atoms with E-state index in [-0.39, 0.29) is 12.4 Å². The summed E-state index contributed by atoms with van der Waals surface area (Å²) in [6.07, 6.45) is -0.556. The molecule has 0 saturated carbocycles. The molecule has 0 amide bonds. The fraction of sp³-hybridized carbons (Fsp3) is 0.500. The van der Waals surface area contributed by atoms with Crippen LogP contribution in [0, 0.1) is 5.82 Å². The Labute approximate surface area is 101 Å². The molecule has 0 radical (unpaired) electrons. The molecule has 5 heteroatoms. The van der Waals surface area contributed by atoms with Crippen molar-refractivity contribution in [2.24, 2.45) is 0 Å². The summed E-state index contributed by atoms with van der Waals surface area (Å²) in [6.45, 7) is 1.22. The molecule has 1 aromatic rings. The molecule has 0 saturated heterocycles. The van der Waals surface area contributed by atoms with Crippen LogP contribution in [-0.4, -0.2) is 43.4 Å². The molecule has 96 valence electrons. The van der Waals surface area contributed by atoms with Crippen molar-refractivity contribution in [3.05, 3.63) is 29.6 Å². The van der Waals surface area contributed by atoms with Gasteiger partial charge in [-0.2, -0.15) is 0 Å². The first-order valence-electron chi connectivity index (χ1n) is 5.42. The molecule has 0 bridgehead atoms. The first kappa shape index (κ1) is 13.9. The van der Waals surface area contributed by atoms with E-state index in [2.05, 4.69) is 0 Å². The van der Waals surface area contributed by atoms with Crippen molar-refractivity contribution >= 4 is 5.69 Å². The van der Waals surface area contributed by atoms with Gasteiger partial charge in [-0.05, 0) is 30.8 Å². The molecule has 0 spiro atoms. The van der Waals surface area contributed by atoms with Crippen LogP contribution in [0.3, 0.4) is 0 Å². The lowest BCUT2D eigenvalue weighted by Crippen LogP contribution is -2.31. The van der Waals surface area contributed by atoms with Gasteiger partial charge in [0.05, 0.1) is 12.7 Å². The molecule has 0 aliphatic carbocycles. The summed E-state index contributed by atoms with van der Waals surface area (Å²) in [4.78, 5) is 1.87. The van der Waals surface area contributed by atoms with Crippen molar-refractivity contribution in [2.45, 2.75) is 12.6 Å². The number of hydrogen-bond donors (Lipinski definition) is 2. The van der Waals surface area contributed by atoms with Gasteiger partial charge < -0.3 is 15.6 Å². The van der Waals surface area contributed by atoms with Gasteiger partial charge >= 0.3 is 0 Å². The van der Waals surface area contributed by atoms with E-state index in [9.17, 15) is 9.50 Å². The van der Waals surface area contributed by atoms with E-state index < -0.39 is 6.10 Å². The average molecular weight is 242 g/mol. The van der Waals surface area contributed by atoms with E-state index >= 15 is 0 Å². The quantitative estimate of drug-likeness (QED) is 0.726. The lowest BCUT2D eigenvalue weighted by molar-refractivity contribution is 0.0419. The Morgan fingerprint density at radius 1 is 1.53 bits per heavy atom. The molecule has 0 fully saturated rings. The van der Waals surface area contributed by atoms with Gasteiger partial charge in [0.2, 0.25) is 0 Å². The number of nitrogen functional groups attached to an aromatic ring is 1. The summed E-state index contributed by atoms with van der Waals surface area (Å²) in [5, 5.41) is 9.55. The number of methoxy groups -OCH3 is 1. The minimum atomic E-state index is -0.556. The molecule has 1 aromatic carbocycles. The van der Waals surface area contributed by atoms with Crippen molar-refractivity contribution in [1.82, 2.24) is 4.90 Å². The minimum absolute atomic E-state index is 0.281. The van der Waals surface area contributed by atoms with E-state index in [0.717, 1.165) is 5.56 Å². The Balaban J connectivity index is 2.55. The summed E-state index contributed by atoms with van der Waals surface area (Å²) in [7, 11) is 3.37. The smallest absolute Gasteiger partial charge is 0.123 e. The van der Waals surface area contributed by atoms with Crippen LogP contribution in [0.15, 0.2) is 18.2 Å². The van der Waals surface area contributed by atoms with Crippen molar-refractivity contribution in [2.75, 3.05) is 33.0 Å². The maximum Gasteiger partial charge on any atom is 0.123 e. The summed E-state index contributed by atoms with van der Waals surface area (Å²) in [6, 6.07) is 4.29. The normalized spacial score (nSPS) is 13.0. The van der Waals surface area contributed by atoms with Crippen LogP contribution in [0.2, 0.25) is 0 Å². The average Bonchev–Trinajstić information content (AvgIpc) is 2.23. The molecule has 4 nitrogen and oxygen atoms in total. The third-order valence-corrected chi connectivity index (χ3v) is 2.43. The van der Waals surface area contributed by atoms with E-state index in [1.807, 2.05) is 11.9 Å². The number of aliphatic hydroxyl groups excluding tert-OH is 1. The third kappa shape index (κ3) is 4.68. The number of ether oxygens (including phenoxy) is 1.